The molecule has 0 spiro atoms. The normalized spacial score (nSPS) is 11.4. The third-order valence-corrected chi connectivity index (χ3v) is 3.57. The van der Waals surface area contributed by atoms with E-state index in [9.17, 15) is 9.90 Å². The molecule has 22 heavy (non-hydrogen) atoms. The van der Waals surface area contributed by atoms with Crippen molar-refractivity contribution < 1.29 is 19.4 Å². The molecule has 1 heterocycles. The topological polar surface area (TPSA) is 84.4 Å². The minimum absolute atomic E-state index is 0.00474. The van der Waals surface area contributed by atoms with Crippen LogP contribution in [-0.2, 0) is 9.53 Å². The maximum Gasteiger partial charge on any atom is 0.340 e. The molecule has 0 amide bonds. The molecule has 6 nitrogen and oxygen atoms in total. The Balaban J connectivity index is 2.54. The molecule has 0 bridgehead atoms. The summed E-state index contributed by atoms with van der Waals surface area (Å²) in [4.78, 5) is 12.0. The maximum atomic E-state index is 12.0. The number of esters is 1. The number of ether oxygens (including phenoxy) is 2. The number of phenolic OH excluding ortho intramolecular Hbond substituents is 1. The van der Waals surface area contributed by atoms with E-state index >= 15 is 0 Å². The van der Waals surface area contributed by atoms with Gasteiger partial charge in [-0.25, -0.2) is 4.79 Å². The summed E-state index contributed by atoms with van der Waals surface area (Å²) in [6.45, 7) is 1.84. The fourth-order valence-corrected chi connectivity index (χ4v) is 2.36. The SMILES string of the molecule is COC(=O)C(=Cc1cc(Br)c(O)c(OC)c1)c1cc(C)[nH]n1. The van der Waals surface area contributed by atoms with Crippen LogP contribution in [0.3, 0.4) is 0 Å². The predicted octanol–water partition coefficient (Wildman–Crippen LogP) is 2.91. The van der Waals surface area contributed by atoms with Gasteiger partial charge in [-0.3, -0.25) is 5.10 Å². The van der Waals surface area contributed by atoms with Crippen LogP contribution in [0.1, 0.15) is 17.0 Å². The average molecular weight is 367 g/mol. The largest absolute Gasteiger partial charge is 0.503 e. The zero-order chi connectivity index (χ0) is 16.3. The van der Waals surface area contributed by atoms with Crippen molar-refractivity contribution in [1.82, 2.24) is 10.2 Å². The van der Waals surface area contributed by atoms with E-state index in [1.54, 1.807) is 24.3 Å². The van der Waals surface area contributed by atoms with Gasteiger partial charge in [0.1, 0.15) is 0 Å². The lowest BCUT2D eigenvalue weighted by Gasteiger charge is -2.08. The third kappa shape index (κ3) is 3.30. The summed E-state index contributed by atoms with van der Waals surface area (Å²) in [6.07, 6.45) is 1.62. The fourth-order valence-electron chi connectivity index (χ4n) is 1.90. The summed E-state index contributed by atoms with van der Waals surface area (Å²) in [5.74, 6) is -0.215. The van der Waals surface area contributed by atoms with Gasteiger partial charge in [0.05, 0.1) is 30.0 Å². The van der Waals surface area contributed by atoms with Gasteiger partial charge in [-0.05, 0) is 52.7 Å². The van der Waals surface area contributed by atoms with Crippen LogP contribution in [0.4, 0.5) is 0 Å². The van der Waals surface area contributed by atoms with E-state index in [2.05, 4.69) is 26.1 Å². The van der Waals surface area contributed by atoms with Gasteiger partial charge in [-0.1, -0.05) is 0 Å². The molecule has 116 valence electrons. The van der Waals surface area contributed by atoms with Crippen LogP contribution >= 0.6 is 15.9 Å². The average Bonchev–Trinajstić information content (AvgIpc) is 2.93. The second-order valence-corrected chi connectivity index (χ2v) is 5.39. The van der Waals surface area contributed by atoms with E-state index in [1.165, 1.54) is 14.2 Å². The molecule has 1 aromatic carbocycles. The van der Waals surface area contributed by atoms with Crippen molar-refractivity contribution >= 4 is 33.5 Å². The number of H-pyrrole nitrogens is 1. The highest BCUT2D eigenvalue weighted by Gasteiger charge is 2.16. The first-order chi connectivity index (χ1) is 10.5. The second-order valence-electron chi connectivity index (χ2n) is 4.54. The number of phenols is 1. The van der Waals surface area contributed by atoms with Crippen LogP contribution in [0.2, 0.25) is 0 Å². The van der Waals surface area contributed by atoms with Crippen molar-refractivity contribution in [2.45, 2.75) is 6.92 Å². The number of methoxy groups -OCH3 is 2. The number of aryl methyl sites for hydroxylation is 1. The van der Waals surface area contributed by atoms with Gasteiger partial charge in [0.15, 0.2) is 11.5 Å². The number of aromatic amines is 1. The summed E-state index contributed by atoms with van der Waals surface area (Å²) in [6, 6.07) is 5.03. The summed E-state index contributed by atoms with van der Waals surface area (Å²) in [7, 11) is 2.76. The van der Waals surface area contributed by atoms with Crippen LogP contribution in [0.5, 0.6) is 11.5 Å². The summed E-state index contributed by atoms with van der Waals surface area (Å²) in [5, 5.41) is 16.7. The third-order valence-electron chi connectivity index (χ3n) is 2.97. The standard InChI is InChI=1S/C15H15BrN2O4/c1-8-4-12(18-17-8)10(15(20)22-3)5-9-6-11(16)14(19)13(7-9)21-2/h4-7,19H,1-3H3,(H,17,18). The Bertz CT molecular complexity index is 737. The predicted molar refractivity (Wildman–Crippen MR) is 85.6 cm³/mol. The number of carbonyl (C=O) groups is 1. The lowest BCUT2D eigenvalue weighted by molar-refractivity contribution is -0.133. The van der Waals surface area contributed by atoms with Gasteiger partial charge < -0.3 is 14.6 Å². The quantitative estimate of drug-likeness (QED) is 0.641. The molecule has 2 aromatic rings. The number of rotatable bonds is 4. The van der Waals surface area contributed by atoms with Gasteiger partial charge in [-0.15, -0.1) is 0 Å². The number of halogens is 1. The van der Waals surface area contributed by atoms with Crippen LogP contribution in [0.25, 0.3) is 11.6 Å². The van der Waals surface area contributed by atoms with Crippen LogP contribution in [0, 0.1) is 6.92 Å². The maximum absolute atomic E-state index is 12.0. The highest BCUT2D eigenvalue weighted by Crippen LogP contribution is 2.36. The minimum atomic E-state index is -0.505. The first kappa shape index (κ1) is 16.1. The molecule has 0 unspecified atom stereocenters. The highest BCUT2D eigenvalue weighted by molar-refractivity contribution is 9.10. The van der Waals surface area contributed by atoms with E-state index in [0.717, 1.165) is 5.69 Å². The molecule has 0 aliphatic carbocycles. The Morgan fingerprint density at radius 2 is 2.09 bits per heavy atom. The number of aromatic hydroxyl groups is 1. The van der Waals surface area contributed by atoms with Gasteiger partial charge in [0.2, 0.25) is 0 Å². The van der Waals surface area contributed by atoms with Gasteiger partial charge in [-0.2, -0.15) is 5.10 Å². The Kier molecular flexibility index (Phi) is 4.87. The molecular weight excluding hydrogens is 352 g/mol. The molecule has 7 heteroatoms. The molecule has 0 fully saturated rings. The molecule has 2 rings (SSSR count). The fraction of sp³-hybridized carbons (Fsp3) is 0.200. The van der Waals surface area contributed by atoms with Crippen molar-refractivity contribution in [1.29, 1.82) is 0 Å². The van der Waals surface area contributed by atoms with E-state index in [1.807, 2.05) is 6.92 Å². The summed E-state index contributed by atoms with van der Waals surface area (Å²) in [5.41, 5.74) is 2.26. The molecule has 0 aliphatic heterocycles. The summed E-state index contributed by atoms with van der Waals surface area (Å²) >= 11 is 3.24. The van der Waals surface area contributed by atoms with Crippen LogP contribution in [0.15, 0.2) is 22.7 Å². The number of benzene rings is 1. The lowest BCUT2D eigenvalue weighted by Crippen LogP contribution is -2.04. The molecule has 0 radical (unpaired) electrons. The lowest BCUT2D eigenvalue weighted by atomic mass is 10.1. The van der Waals surface area contributed by atoms with Crippen LogP contribution < -0.4 is 4.74 Å². The van der Waals surface area contributed by atoms with Gasteiger partial charge in [0.25, 0.3) is 0 Å². The molecule has 0 saturated carbocycles. The number of hydrogen-bond acceptors (Lipinski definition) is 5. The molecule has 2 N–H and O–H groups in total. The number of aromatic nitrogens is 2. The number of carbonyl (C=O) groups excluding carboxylic acids is 1. The first-order valence-corrected chi connectivity index (χ1v) is 7.14. The molecular formula is C15H15BrN2O4. The monoisotopic (exact) mass is 366 g/mol. The Morgan fingerprint density at radius 3 is 2.64 bits per heavy atom. The number of nitrogens with one attached hydrogen (secondary N) is 1. The first-order valence-electron chi connectivity index (χ1n) is 6.35. The zero-order valence-corrected chi connectivity index (χ0v) is 13.9. The van der Waals surface area contributed by atoms with E-state index in [-0.39, 0.29) is 5.75 Å². The van der Waals surface area contributed by atoms with E-state index < -0.39 is 5.97 Å². The Morgan fingerprint density at radius 1 is 1.36 bits per heavy atom. The van der Waals surface area contributed by atoms with Crippen molar-refractivity contribution in [3.63, 3.8) is 0 Å². The van der Waals surface area contributed by atoms with Crippen molar-refractivity contribution in [2.75, 3.05) is 14.2 Å². The smallest absolute Gasteiger partial charge is 0.340 e. The molecule has 0 saturated heterocycles. The summed E-state index contributed by atoms with van der Waals surface area (Å²) < 4.78 is 10.4. The van der Waals surface area contributed by atoms with Crippen LogP contribution in [-0.4, -0.2) is 35.5 Å². The number of nitrogens with zero attached hydrogens (tertiary/aromatic N) is 1. The minimum Gasteiger partial charge on any atom is -0.503 e. The Hall–Kier alpha value is -2.28. The van der Waals surface area contributed by atoms with E-state index in [0.29, 0.717) is 27.1 Å². The molecule has 0 atom stereocenters. The van der Waals surface area contributed by atoms with Crippen molar-refractivity contribution in [3.8, 4) is 11.5 Å². The molecule has 0 aliphatic rings. The highest BCUT2D eigenvalue weighted by atomic mass is 79.9. The van der Waals surface area contributed by atoms with Gasteiger partial charge >= 0.3 is 5.97 Å². The van der Waals surface area contributed by atoms with Crippen molar-refractivity contribution in [3.05, 3.63) is 39.6 Å². The Labute approximate surface area is 135 Å². The van der Waals surface area contributed by atoms with Gasteiger partial charge in [0, 0.05) is 5.69 Å². The zero-order valence-electron chi connectivity index (χ0n) is 12.3. The molecule has 1 aromatic heterocycles. The van der Waals surface area contributed by atoms with Crippen molar-refractivity contribution in [2.24, 2.45) is 0 Å². The van der Waals surface area contributed by atoms with E-state index in [4.69, 9.17) is 9.47 Å². The second kappa shape index (κ2) is 6.65. The number of hydrogen-bond donors (Lipinski definition) is 2.